The van der Waals surface area contributed by atoms with Crippen LogP contribution in [0.1, 0.15) is 32.3 Å². The lowest BCUT2D eigenvalue weighted by molar-refractivity contribution is -0.137. The van der Waals surface area contributed by atoms with E-state index >= 15 is 0 Å². The third kappa shape index (κ3) is 5.02. The van der Waals surface area contributed by atoms with Gasteiger partial charge in [-0.25, -0.2) is 0 Å². The molecule has 0 fully saturated rings. The minimum atomic E-state index is -1.06. The van der Waals surface area contributed by atoms with Crippen molar-refractivity contribution in [2.45, 2.75) is 32.2 Å². The summed E-state index contributed by atoms with van der Waals surface area (Å²) in [6, 6.07) is 7.53. The number of aliphatic carboxylic acids is 1. The van der Waals surface area contributed by atoms with E-state index in [1.54, 1.807) is 0 Å². The molecule has 0 atom stereocenters. The molecule has 0 unspecified atom stereocenters. The molecular weight excluding hydrogens is 292 g/mol. The van der Waals surface area contributed by atoms with Crippen molar-refractivity contribution in [1.82, 2.24) is 10.6 Å². The van der Waals surface area contributed by atoms with Crippen LogP contribution in [-0.2, 0) is 15.1 Å². The van der Waals surface area contributed by atoms with Gasteiger partial charge in [-0.3, -0.25) is 14.9 Å². The SMILES string of the molecule is CCC(CC)(NCC(=O)NCC(=O)O)c1ccc(Cl)cc1. The Morgan fingerprint density at radius 3 is 2.19 bits per heavy atom. The molecule has 1 amide bonds. The Balaban J connectivity index is 2.74. The average molecular weight is 313 g/mol. The highest BCUT2D eigenvalue weighted by atomic mass is 35.5. The fourth-order valence-electron chi connectivity index (χ4n) is 2.27. The van der Waals surface area contributed by atoms with Crippen molar-refractivity contribution in [3.8, 4) is 0 Å². The normalized spacial score (nSPS) is 11.2. The summed E-state index contributed by atoms with van der Waals surface area (Å²) in [7, 11) is 0. The number of hydrogen-bond acceptors (Lipinski definition) is 3. The standard InChI is InChI=1S/C15H21ClN2O3/c1-3-15(4-2,11-5-7-12(16)8-6-11)18-9-13(19)17-10-14(20)21/h5-8,18H,3-4,9-10H2,1-2H3,(H,17,19)(H,20,21). The smallest absolute Gasteiger partial charge is 0.322 e. The van der Waals surface area contributed by atoms with Crippen LogP contribution < -0.4 is 10.6 Å². The molecule has 0 aromatic heterocycles. The van der Waals surface area contributed by atoms with Crippen molar-refractivity contribution in [3.05, 3.63) is 34.9 Å². The molecule has 5 nitrogen and oxygen atoms in total. The summed E-state index contributed by atoms with van der Waals surface area (Å²) in [5.41, 5.74) is 0.730. The number of amides is 1. The summed E-state index contributed by atoms with van der Waals surface area (Å²) in [6.07, 6.45) is 1.61. The van der Waals surface area contributed by atoms with Gasteiger partial charge in [-0.05, 0) is 30.5 Å². The van der Waals surface area contributed by atoms with Gasteiger partial charge in [0.15, 0.2) is 0 Å². The first kappa shape index (κ1) is 17.5. The number of carbonyl (C=O) groups is 2. The van der Waals surface area contributed by atoms with E-state index in [1.165, 1.54) is 0 Å². The monoisotopic (exact) mass is 312 g/mol. The van der Waals surface area contributed by atoms with E-state index in [9.17, 15) is 9.59 Å². The number of hydrogen-bond donors (Lipinski definition) is 3. The molecule has 1 aromatic carbocycles. The minimum Gasteiger partial charge on any atom is -0.480 e. The van der Waals surface area contributed by atoms with Crippen LogP contribution in [0.15, 0.2) is 24.3 Å². The van der Waals surface area contributed by atoms with Crippen LogP contribution in [0.3, 0.4) is 0 Å². The number of halogens is 1. The van der Waals surface area contributed by atoms with E-state index in [2.05, 4.69) is 10.6 Å². The van der Waals surface area contributed by atoms with Crippen LogP contribution in [0.25, 0.3) is 0 Å². The van der Waals surface area contributed by atoms with Crippen LogP contribution in [0, 0.1) is 0 Å². The fraction of sp³-hybridized carbons (Fsp3) is 0.467. The molecule has 0 aliphatic carbocycles. The Morgan fingerprint density at radius 1 is 1.14 bits per heavy atom. The van der Waals surface area contributed by atoms with Gasteiger partial charge < -0.3 is 10.4 Å². The van der Waals surface area contributed by atoms with Gasteiger partial charge in [-0.1, -0.05) is 37.6 Å². The first-order valence-electron chi connectivity index (χ1n) is 6.93. The number of carbonyl (C=O) groups excluding carboxylic acids is 1. The van der Waals surface area contributed by atoms with Crippen molar-refractivity contribution in [2.24, 2.45) is 0 Å². The molecule has 0 heterocycles. The Kier molecular flexibility index (Phi) is 6.65. The Morgan fingerprint density at radius 2 is 1.71 bits per heavy atom. The van der Waals surface area contributed by atoms with Crippen LogP contribution in [0.5, 0.6) is 0 Å². The molecule has 1 aromatic rings. The van der Waals surface area contributed by atoms with Crippen LogP contribution in [0.2, 0.25) is 5.02 Å². The van der Waals surface area contributed by atoms with Crippen LogP contribution in [-0.4, -0.2) is 30.1 Å². The average Bonchev–Trinajstić information content (AvgIpc) is 2.48. The maximum absolute atomic E-state index is 11.7. The highest BCUT2D eigenvalue weighted by Crippen LogP contribution is 2.29. The number of nitrogens with one attached hydrogen (secondary N) is 2. The van der Waals surface area contributed by atoms with E-state index in [0.29, 0.717) is 5.02 Å². The lowest BCUT2D eigenvalue weighted by atomic mass is 9.84. The number of carboxylic acids is 1. The Labute approximate surface area is 129 Å². The van der Waals surface area contributed by atoms with Gasteiger partial charge in [-0.2, -0.15) is 0 Å². The zero-order chi connectivity index (χ0) is 15.9. The molecule has 0 spiro atoms. The van der Waals surface area contributed by atoms with Gasteiger partial charge >= 0.3 is 5.97 Å². The zero-order valence-corrected chi connectivity index (χ0v) is 13.0. The highest BCUT2D eigenvalue weighted by molar-refractivity contribution is 6.30. The number of carboxylic acid groups (broad SMARTS) is 1. The topological polar surface area (TPSA) is 78.4 Å². The summed E-state index contributed by atoms with van der Waals surface area (Å²) in [5.74, 6) is -1.39. The predicted molar refractivity (Wildman–Crippen MR) is 82.4 cm³/mol. The number of benzene rings is 1. The second kappa shape index (κ2) is 8.00. The minimum absolute atomic E-state index is 0.0671. The van der Waals surface area contributed by atoms with E-state index < -0.39 is 5.97 Å². The van der Waals surface area contributed by atoms with Crippen molar-refractivity contribution >= 4 is 23.5 Å². The molecule has 1 rings (SSSR count). The third-order valence-electron chi connectivity index (χ3n) is 3.63. The molecule has 0 saturated heterocycles. The van der Waals surface area contributed by atoms with Gasteiger partial charge in [0.25, 0.3) is 0 Å². The summed E-state index contributed by atoms with van der Waals surface area (Å²) in [6.45, 7) is 3.78. The van der Waals surface area contributed by atoms with Crippen molar-refractivity contribution in [2.75, 3.05) is 13.1 Å². The van der Waals surface area contributed by atoms with Gasteiger partial charge in [-0.15, -0.1) is 0 Å². The maximum atomic E-state index is 11.7. The Bertz CT molecular complexity index is 484. The van der Waals surface area contributed by atoms with Gasteiger partial charge in [0, 0.05) is 10.6 Å². The first-order valence-corrected chi connectivity index (χ1v) is 7.31. The highest BCUT2D eigenvalue weighted by Gasteiger charge is 2.28. The molecule has 0 saturated carbocycles. The van der Waals surface area contributed by atoms with Crippen LogP contribution in [0.4, 0.5) is 0 Å². The zero-order valence-electron chi connectivity index (χ0n) is 12.3. The maximum Gasteiger partial charge on any atom is 0.322 e. The number of rotatable bonds is 8. The first-order chi connectivity index (χ1) is 9.93. The lowest BCUT2D eigenvalue weighted by Gasteiger charge is -2.33. The Hall–Kier alpha value is -1.59. The summed E-state index contributed by atoms with van der Waals surface area (Å²) in [5, 5.41) is 14.8. The largest absolute Gasteiger partial charge is 0.480 e. The molecule has 116 valence electrons. The lowest BCUT2D eigenvalue weighted by Crippen LogP contribution is -2.47. The third-order valence-corrected chi connectivity index (χ3v) is 3.88. The molecule has 0 bridgehead atoms. The molecule has 21 heavy (non-hydrogen) atoms. The van der Waals surface area contributed by atoms with Crippen LogP contribution >= 0.6 is 11.6 Å². The fourth-order valence-corrected chi connectivity index (χ4v) is 2.39. The molecule has 0 aliphatic rings. The quantitative estimate of drug-likeness (QED) is 0.687. The van der Waals surface area contributed by atoms with E-state index in [1.807, 2.05) is 38.1 Å². The summed E-state index contributed by atoms with van der Waals surface area (Å²) >= 11 is 5.91. The van der Waals surface area contributed by atoms with Crippen molar-refractivity contribution in [1.29, 1.82) is 0 Å². The molecular formula is C15H21ClN2O3. The van der Waals surface area contributed by atoms with E-state index in [4.69, 9.17) is 16.7 Å². The van der Waals surface area contributed by atoms with E-state index in [-0.39, 0.29) is 24.5 Å². The molecule has 3 N–H and O–H groups in total. The van der Waals surface area contributed by atoms with Gasteiger partial charge in [0.05, 0.1) is 6.54 Å². The second-order valence-corrected chi connectivity index (χ2v) is 5.26. The second-order valence-electron chi connectivity index (χ2n) is 4.82. The van der Waals surface area contributed by atoms with Gasteiger partial charge in [0.2, 0.25) is 5.91 Å². The summed E-state index contributed by atoms with van der Waals surface area (Å²) in [4.78, 5) is 22.1. The molecule has 6 heteroatoms. The van der Waals surface area contributed by atoms with Crippen molar-refractivity contribution < 1.29 is 14.7 Å². The van der Waals surface area contributed by atoms with Crippen molar-refractivity contribution in [3.63, 3.8) is 0 Å². The molecule has 0 aliphatic heterocycles. The van der Waals surface area contributed by atoms with E-state index in [0.717, 1.165) is 18.4 Å². The van der Waals surface area contributed by atoms with Gasteiger partial charge in [0.1, 0.15) is 6.54 Å². The predicted octanol–water partition coefficient (Wildman–Crippen LogP) is 2.15. The summed E-state index contributed by atoms with van der Waals surface area (Å²) < 4.78 is 0. The molecule has 0 radical (unpaired) electrons.